The highest BCUT2D eigenvalue weighted by atomic mass is 32.1. The van der Waals surface area contributed by atoms with Gasteiger partial charge in [-0.25, -0.2) is 4.79 Å². The van der Waals surface area contributed by atoms with E-state index in [9.17, 15) is 14.4 Å². The second-order valence-corrected chi connectivity index (χ2v) is 9.80. The Kier molecular flexibility index (Phi) is 5.54. The molecule has 0 saturated carbocycles. The van der Waals surface area contributed by atoms with E-state index < -0.39 is 12.0 Å². The molecule has 2 atom stereocenters. The van der Waals surface area contributed by atoms with Crippen LogP contribution >= 0.6 is 11.3 Å². The highest BCUT2D eigenvalue weighted by molar-refractivity contribution is 7.17. The van der Waals surface area contributed by atoms with Crippen molar-refractivity contribution in [2.24, 2.45) is 5.92 Å². The average molecular weight is 464 g/mol. The van der Waals surface area contributed by atoms with E-state index in [1.54, 1.807) is 0 Å². The summed E-state index contributed by atoms with van der Waals surface area (Å²) < 4.78 is 5.00. The number of amides is 2. The summed E-state index contributed by atoms with van der Waals surface area (Å²) in [5.41, 5.74) is 2.95. The number of hydrogen-bond acceptors (Lipinski definition) is 6. The van der Waals surface area contributed by atoms with Gasteiger partial charge in [-0.15, -0.1) is 11.3 Å². The molecule has 0 radical (unpaired) electrons. The van der Waals surface area contributed by atoms with Crippen LogP contribution in [0, 0.1) is 5.92 Å². The van der Waals surface area contributed by atoms with Crippen molar-refractivity contribution < 1.29 is 19.1 Å². The molecule has 33 heavy (non-hydrogen) atoms. The third kappa shape index (κ3) is 3.95. The van der Waals surface area contributed by atoms with Crippen molar-refractivity contribution in [2.75, 3.05) is 23.1 Å². The van der Waals surface area contributed by atoms with E-state index in [1.807, 2.05) is 36.4 Å². The normalized spacial score (nSPS) is 19.2. The molecular weight excluding hydrogens is 438 g/mol. The molecule has 3 aromatic rings. The number of rotatable bonds is 4. The van der Waals surface area contributed by atoms with Gasteiger partial charge in [0, 0.05) is 16.0 Å². The van der Waals surface area contributed by atoms with Crippen molar-refractivity contribution in [1.82, 2.24) is 0 Å². The van der Waals surface area contributed by atoms with Crippen LogP contribution in [0.5, 0.6) is 0 Å². The summed E-state index contributed by atoms with van der Waals surface area (Å²) in [6.45, 7) is 2.19. The van der Waals surface area contributed by atoms with Gasteiger partial charge in [-0.3, -0.25) is 9.59 Å². The summed E-state index contributed by atoms with van der Waals surface area (Å²) in [6, 6.07) is 10.8. The smallest absolute Gasteiger partial charge is 0.341 e. The van der Waals surface area contributed by atoms with E-state index in [-0.39, 0.29) is 18.2 Å². The maximum Gasteiger partial charge on any atom is 0.341 e. The first kappa shape index (κ1) is 21.5. The van der Waals surface area contributed by atoms with Gasteiger partial charge < -0.3 is 20.7 Å². The molecule has 2 aromatic carbocycles. The van der Waals surface area contributed by atoms with Crippen LogP contribution in [0.1, 0.15) is 40.6 Å². The molecule has 1 aliphatic carbocycles. The lowest BCUT2D eigenvalue weighted by molar-refractivity contribution is -0.121. The van der Waals surface area contributed by atoms with E-state index in [0.717, 1.165) is 51.9 Å². The summed E-state index contributed by atoms with van der Waals surface area (Å²) in [5, 5.41) is 11.5. The van der Waals surface area contributed by atoms with Crippen LogP contribution in [-0.2, 0) is 27.2 Å². The van der Waals surface area contributed by atoms with E-state index in [1.165, 1.54) is 18.4 Å². The first-order valence-electron chi connectivity index (χ1n) is 11.1. The number of esters is 1. The predicted octanol–water partition coefficient (Wildman–Crippen LogP) is 4.57. The Morgan fingerprint density at radius 3 is 2.70 bits per heavy atom. The van der Waals surface area contributed by atoms with Gasteiger partial charge >= 0.3 is 5.97 Å². The Bertz CT molecular complexity index is 1280. The van der Waals surface area contributed by atoms with Crippen molar-refractivity contribution >= 4 is 56.3 Å². The number of carbonyl (C=O) groups excluding carboxylic acids is 3. The lowest BCUT2D eigenvalue weighted by Gasteiger charge is -2.18. The molecule has 2 aliphatic rings. The molecule has 5 rings (SSSR count). The van der Waals surface area contributed by atoms with Crippen LogP contribution in [0.2, 0.25) is 0 Å². The number of carbonyl (C=O) groups is 3. The maximum atomic E-state index is 13.0. The second kappa shape index (κ2) is 8.51. The fourth-order valence-electron chi connectivity index (χ4n) is 4.70. The first-order chi connectivity index (χ1) is 15.9. The Balaban J connectivity index is 1.39. The van der Waals surface area contributed by atoms with Crippen LogP contribution in [0.15, 0.2) is 36.4 Å². The van der Waals surface area contributed by atoms with E-state index in [2.05, 4.69) is 22.9 Å². The maximum absolute atomic E-state index is 13.0. The Morgan fingerprint density at radius 1 is 1.18 bits per heavy atom. The molecule has 0 fully saturated rings. The van der Waals surface area contributed by atoms with Gasteiger partial charge in [0.15, 0.2) is 0 Å². The van der Waals surface area contributed by atoms with E-state index in [4.69, 9.17) is 4.74 Å². The quantitative estimate of drug-likeness (QED) is 0.493. The highest BCUT2D eigenvalue weighted by Gasteiger charge is 2.31. The zero-order valence-electron chi connectivity index (χ0n) is 18.5. The van der Waals surface area contributed by atoms with E-state index >= 15 is 0 Å². The molecule has 2 amide bonds. The summed E-state index contributed by atoms with van der Waals surface area (Å²) in [6.07, 6.45) is 2.60. The molecule has 7 nitrogen and oxygen atoms in total. The number of anilines is 3. The second-order valence-electron chi connectivity index (χ2n) is 8.70. The van der Waals surface area contributed by atoms with Crippen LogP contribution < -0.4 is 16.0 Å². The minimum atomic E-state index is -0.751. The molecule has 0 spiro atoms. The lowest BCUT2D eigenvalue weighted by atomic mass is 9.88. The van der Waals surface area contributed by atoms with Crippen molar-refractivity contribution in [3.05, 3.63) is 52.4 Å². The van der Waals surface area contributed by atoms with Crippen molar-refractivity contribution in [3.8, 4) is 0 Å². The highest BCUT2D eigenvalue weighted by Crippen LogP contribution is 2.40. The van der Waals surface area contributed by atoms with E-state index in [0.29, 0.717) is 16.5 Å². The van der Waals surface area contributed by atoms with Crippen LogP contribution in [0.25, 0.3) is 10.8 Å². The summed E-state index contributed by atoms with van der Waals surface area (Å²) in [4.78, 5) is 39.5. The lowest BCUT2D eigenvalue weighted by Crippen LogP contribution is -2.36. The van der Waals surface area contributed by atoms with Gasteiger partial charge in [-0.1, -0.05) is 31.2 Å². The van der Waals surface area contributed by atoms with Gasteiger partial charge in [0.05, 0.1) is 24.8 Å². The number of nitrogens with one attached hydrogen (secondary N) is 3. The number of fused-ring (bicyclic) bond motifs is 1. The number of ether oxygens (including phenoxy) is 1. The molecule has 0 saturated heterocycles. The number of thiophene rings is 1. The fraction of sp³-hybridized carbons (Fsp3) is 0.320. The number of hydrogen-bond donors (Lipinski definition) is 3. The summed E-state index contributed by atoms with van der Waals surface area (Å²) in [5.74, 6) is -0.517. The molecule has 170 valence electrons. The molecule has 0 bridgehead atoms. The molecule has 1 aliphatic heterocycles. The molecule has 8 heteroatoms. The van der Waals surface area contributed by atoms with Gasteiger partial charge in [-0.05, 0) is 48.3 Å². The number of benzene rings is 2. The van der Waals surface area contributed by atoms with Crippen molar-refractivity contribution in [3.63, 3.8) is 0 Å². The average Bonchev–Trinajstić information content (AvgIpc) is 3.07. The van der Waals surface area contributed by atoms with Gasteiger partial charge in [0.1, 0.15) is 11.0 Å². The number of methoxy groups -OCH3 is 1. The summed E-state index contributed by atoms with van der Waals surface area (Å²) in [7, 11) is 1.35. The zero-order chi connectivity index (χ0) is 23.1. The predicted molar refractivity (Wildman–Crippen MR) is 130 cm³/mol. The minimum absolute atomic E-state index is 0.0736. The van der Waals surface area contributed by atoms with Crippen LogP contribution in [0.3, 0.4) is 0 Å². The third-order valence-corrected chi connectivity index (χ3v) is 7.52. The topological polar surface area (TPSA) is 96.5 Å². The van der Waals surface area contributed by atoms with Crippen molar-refractivity contribution in [2.45, 2.75) is 38.6 Å². The van der Waals surface area contributed by atoms with Gasteiger partial charge in [0.2, 0.25) is 11.8 Å². The van der Waals surface area contributed by atoms with Crippen LogP contribution in [0.4, 0.5) is 16.4 Å². The molecule has 1 aromatic heterocycles. The summed E-state index contributed by atoms with van der Waals surface area (Å²) >= 11 is 1.44. The first-order valence-corrected chi connectivity index (χ1v) is 11.9. The third-order valence-electron chi connectivity index (χ3n) is 6.35. The van der Waals surface area contributed by atoms with Crippen LogP contribution in [-0.4, -0.2) is 30.9 Å². The molecule has 3 N–H and O–H groups in total. The molecule has 2 heterocycles. The van der Waals surface area contributed by atoms with Gasteiger partial charge in [-0.2, -0.15) is 0 Å². The fourth-order valence-corrected chi connectivity index (χ4v) is 6.12. The molecular formula is C25H25N3O4S. The van der Waals surface area contributed by atoms with Crippen molar-refractivity contribution in [1.29, 1.82) is 0 Å². The SMILES string of the molecule is COC(=O)c1c(NC(=O)CC2Nc3cccc4cccc(c34)NC2=O)sc2c1CCC(C)C2. The minimum Gasteiger partial charge on any atom is -0.465 e. The molecule has 2 unspecified atom stereocenters. The Morgan fingerprint density at radius 2 is 1.94 bits per heavy atom. The monoisotopic (exact) mass is 463 g/mol. The largest absolute Gasteiger partial charge is 0.465 e. The zero-order valence-corrected chi connectivity index (χ0v) is 19.3. The Hall–Kier alpha value is -3.39. The van der Waals surface area contributed by atoms with Gasteiger partial charge in [0.25, 0.3) is 0 Å². The standard InChI is InChI=1S/C25H25N3O4S/c1-13-9-10-15-19(11-13)33-24(22(15)25(31)32-2)28-20(29)12-18-23(30)27-17-8-4-6-14-5-3-7-16(26-18)21(14)17/h3-8,13,18,26H,9-12H2,1-2H3,(H,27,30)(H,28,29). The Labute approximate surface area is 195 Å².